The number of anilines is 2. The molecule has 18 heavy (non-hydrogen) atoms. The zero-order valence-electron chi connectivity index (χ0n) is 9.76. The first kappa shape index (κ1) is 12.0. The maximum Gasteiger partial charge on any atom is 0.229 e. The van der Waals surface area contributed by atoms with Crippen LogP contribution < -0.4 is 11.1 Å². The lowest BCUT2D eigenvalue weighted by Gasteiger charge is -2.02. The van der Waals surface area contributed by atoms with Crippen LogP contribution in [0.3, 0.4) is 0 Å². The summed E-state index contributed by atoms with van der Waals surface area (Å²) in [4.78, 5) is 26.2. The molecular formula is C11H14N6O. The molecule has 0 aromatic carbocycles. The van der Waals surface area contributed by atoms with Crippen molar-refractivity contribution >= 4 is 17.8 Å². The molecular weight excluding hydrogens is 232 g/mol. The molecule has 0 bridgehead atoms. The summed E-state index contributed by atoms with van der Waals surface area (Å²) in [6, 6.07) is 1.69. The zero-order chi connectivity index (χ0) is 12.8. The van der Waals surface area contributed by atoms with E-state index in [9.17, 15) is 4.79 Å². The summed E-state index contributed by atoms with van der Waals surface area (Å²) in [6.45, 7) is 0. The molecule has 0 aliphatic carbocycles. The Morgan fingerprint density at radius 3 is 2.78 bits per heavy atom. The second-order valence-electron chi connectivity index (χ2n) is 3.77. The highest BCUT2D eigenvalue weighted by atomic mass is 16.1. The van der Waals surface area contributed by atoms with Crippen molar-refractivity contribution in [3.05, 3.63) is 30.4 Å². The number of nitrogens with two attached hydrogens (primary N) is 1. The number of amides is 1. The van der Waals surface area contributed by atoms with Gasteiger partial charge in [-0.3, -0.25) is 10.1 Å². The third-order valence-corrected chi connectivity index (χ3v) is 2.32. The Balaban J connectivity index is 1.72. The van der Waals surface area contributed by atoms with Gasteiger partial charge in [0.1, 0.15) is 0 Å². The van der Waals surface area contributed by atoms with Crippen LogP contribution in [0.25, 0.3) is 0 Å². The monoisotopic (exact) mass is 246 g/mol. The fraction of sp³-hybridized carbons (Fsp3) is 0.273. The van der Waals surface area contributed by atoms with Crippen molar-refractivity contribution in [3.8, 4) is 0 Å². The largest absolute Gasteiger partial charge is 0.369 e. The number of hydrogen-bond acceptors (Lipinski definition) is 5. The van der Waals surface area contributed by atoms with Crippen molar-refractivity contribution in [1.82, 2.24) is 19.9 Å². The van der Waals surface area contributed by atoms with Gasteiger partial charge < -0.3 is 10.7 Å². The van der Waals surface area contributed by atoms with E-state index in [0.29, 0.717) is 24.7 Å². The maximum absolute atomic E-state index is 11.6. The Kier molecular flexibility index (Phi) is 3.85. The molecule has 0 unspecified atom stereocenters. The third-order valence-electron chi connectivity index (χ3n) is 2.32. The Hall–Kier alpha value is -2.44. The number of aromatic nitrogens is 4. The number of imidazole rings is 1. The van der Waals surface area contributed by atoms with Crippen LogP contribution >= 0.6 is 0 Å². The van der Waals surface area contributed by atoms with Crippen molar-refractivity contribution in [1.29, 1.82) is 0 Å². The van der Waals surface area contributed by atoms with Crippen molar-refractivity contribution in [2.45, 2.75) is 19.3 Å². The van der Waals surface area contributed by atoms with E-state index in [4.69, 9.17) is 5.73 Å². The van der Waals surface area contributed by atoms with E-state index in [1.54, 1.807) is 24.7 Å². The van der Waals surface area contributed by atoms with Crippen LogP contribution in [0, 0.1) is 0 Å². The molecule has 0 atom stereocenters. The molecule has 0 saturated heterocycles. The lowest BCUT2D eigenvalue weighted by Crippen LogP contribution is -2.13. The van der Waals surface area contributed by atoms with E-state index >= 15 is 0 Å². The minimum Gasteiger partial charge on any atom is -0.369 e. The minimum absolute atomic E-state index is 0.103. The summed E-state index contributed by atoms with van der Waals surface area (Å²) >= 11 is 0. The first-order valence-electron chi connectivity index (χ1n) is 5.60. The molecule has 4 N–H and O–H groups in total. The molecule has 2 aromatic rings. The van der Waals surface area contributed by atoms with Gasteiger partial charge >= 0.3 is 0 Å². The Morgan fingerprint density at radius 1 is 1.33 bits per heavy atom. The Labute approximate surface area is 104 Å². The zero-order valence-corrected chi connectivity index (χ0v) is 9.76. The fourth-order valence-electron chi connectivity index (χ4n) is 1.49. The molecule has 0 fully saturated rings. The highest BCUT2D eigenvalue weighted by Gasteiger charge is 2.04. The number of nitrogens with one attached hydrogen (secondary N) is 2. The van der Waals surface area contributed by atoms with Crippen LogP contribution in [0.15, 0.2) is 24.7 Å². The number of H-pyrrole nitrogens is 1. The number of carbonyl (C=O) groups excluding carboxylic acids is 1. The number of aromatic amines is 1. The molecule has 2 aromatic heterocycles. The van der Waals surface area contributed by atoms with Crippen LogP contribution in [0.1, 0.15) is 18.5 Å². The maximum atomic E-state index is 11.6. The van der Waals surface area contributed by atoms with E-state index < -0.39 is 0 Å². The highest BCUT2D eigenvalue weighted by molar-refractivity contribution is 5.88. The molecule has 0 spiro atoms. The molecule has 1 amide bonds. The van der Waals surface area contributed by atoms with Crippen LogP contribution in [0.5, 0.6) is 0 Å². The molecule has 0 saturated carbocycles. The van der Waals surface area contributed by atoms with Gasteiger partial charge in [-0.05, 0) is 18.9 Å². The number of nitrogen functional groups attached to an aromatic ring is 1. The second kappa shape index (κ2) is 5.76. The van der Waals surface area contributed by atoms with Gasteiger partial charge in [0, 0.05) is 24.5 Å². The van der Waals surface area contributed by atoms with Gasteiger partial charge in [-0.2, -0.15) is 0 Å². The lowest BCUT2D eigenvalue weighted by atomic mass is 10.2. The van der Waals surface area contributed by atoms with Crippen LogP contribution in [-0.2, 0) is 11.2 Å². The first-order chi connectivity index (χ1) is 8.74. The molecule has 2 heterocycles. The SMILES string of the molecule is Nc1ncc(CCCC(=O)Nc2ncccn2)[nH]1. The average molecular weight is 246 g/mol. The van der Waals surface area contributed by atoms with Gasteiger partial charge in [0.15, 0.2) is 5.95 Å². The summed E-state index contributed by atoms with van der Waals surface area (Å²) in [6.07, 6.45) is 6.67. The lowest BCUT2D eigenvalue weighted by molar-refractivity contribution is -0.116. The van der Waals surface area contributed by atoms with Gasteiger partial charge in [-0.1, -0.05) is 0 Å². The summed E-state index contributed by atoms with van der Waals surface area (Å²) in [5.41, 5.74) is 6.38. The van der Waals surface area contributed by atoms with E-state index in [1.165, 1.54) is 0 Å². The molecule has 0 aliphatic rings. The highest BCUT2D eigenvalue weighted by Crippen LogP contribution is 2.05. The van der Waals surface area contributed by atoms with Crippen molar-refractivity contribution < 1.29 is 4.79 Å². The molecule has 0 aliphatic heterocycles. The Bertz CT molecular complexity index is 509. The molecule has 0 radical (unpaired) electrons. The standard InChI is InChI=1S/C11H14N6O/c12-10-15-7-8(16-10)3-1-4-9(18)17-11-13-5-2-6-14-11/h2,5-7H,1,3-4H2,(H3,12,15,16)(H,13,14,17,18). The van der Waals surface area contributed by atoms with Crippen LogP contribution in [0.2, 0.25) is 0 Å². The molecule has 94 valence electrons. The topological polar surface area (TPSA) is 110 Å². The predicted molar refractivity (Wildman–Crippen MR) is 66.6 cm³/mol. The summed E-state index contributed by atoms with van der Waals surface area (Å²) < 4.78 is 0. The average Bonchev–Trinajstić information content (AvgIpc) is 2.76. The van der Waals surface area contributed by atoms with E-state index in [-0.39, 0.29) is 5.91 Å². The summed E-state index contributed by atoms with van der Waals surface area (Å²) in [5.74, 6) is 0.620. The van der Waals surface area contributed by atoms with Gasteiger partial charge in [-0.25, -0.2) is 15.0 Å². The van der Waals surface area contributed by atoms with Crippen LogP contribution in [-0.4, -0.2) is 25.8 Å². The first-order valence-corrected chi connectivity index (χ1v) is 5.60. The molecule has 7 heteroatoms. The van der Waals surface area contributed by atoms with E-state index in [2.05, 4.69) is 25.3 Å². The normalized spacial score (nSPS) is 10.2. The Morgan fingerprint density at radius 2 is 2.11 bits per heavy atom. The smallest absolute Gasteiger partial charge is 0.229 e. The van der Waals surface area contributed by atoms with Crippen molar-refractivity contribution in [3.63, 3.8) is 0 Å². The predicted octanol–water partition coefficient (Wildman–Crippen LogP) is 0.743. The van der Waals surface area contributed by atoms with Crippen LogP contribution in [0.4, 0.5) is 11.9 Å². The summed E-state index contributed by atoms with van der Waals surface area (Å²) in [5, 5.41) is 2.62. The van der Waals surface area contributed by atoms with E-state index in [0.717, 1.165) is 12.1 Å². The van der Waals surface area contributed by atoms with E-state index in [1.807, 2.05) is 0 Å². The number of nitrogens with zero attached hydrogens (tertiary/aromatic N) is 3. The minimum atomic E-state index is -0.103. The van der Waals surface area contributed by atoms with Gasteiger partial charge in [-0.15, -0.1) is 0 Å². The number of hydrogen-bond donors (Lipinski definition) is 3. The fourth-order valence-corrected chi connectivity index (χ4v) is 1.49. The number of carbonyl (C=O) groups is 1. The van der Waals surface area contributed by atoms with Gasteiger partial charge in [0.2, 0.25) is 11.9 Å². The van der Waals surface area contributed by atoms with Crippen molar-refractivity contribution in [2.24, 2.45) is 0 Å². The third kappa shape index (κ3) is 3.55. The summed E-state index contributed by atoms with van der Waals surface area (Å²) in [7, 11) is 0. The quantitative estimate of drug-likeness (QED) is 0.721. The van der Waals surface area contributed by atoms with Crippen molar-refractivity contribution in [2.75, 3.05) is 11.1 Å². The van der Waals surface area contributed by atoms with Gasteiger partial charge in [0.05, 0.1) is 6.20 Å². The van der Waals surface area contributed by atoms with Gasteiger partial charge in [0.25, 0.3) is 0 Å². The molecule has 7 nitrogen and oxygen atoms in total. The number of aryl methyl sites for hydroxylation is 1. The second-order valence-corrected chi connectivity index (χ2v) is 3.77. The molecule has 2 rings (SSSR count). The number of rotatable bonds is 5.